The zero-order valence-corrected chi connectivity index (χ0v) is 7.49. The maximum Gasteiger partial charge on any atom is 0.0428 e. The summed E-state index contributed by atoms with van der Waals surface area (Å²) in [6, 6.07) is 0. The van der Waals surface area contributed by atoms with Crippen molar-refractivity contribution in [1.29, 1.82) is 0 Å². The van der Waals surface area contributed by atoms with Crippen molar-refractivity contribution in [2.45, 2.75) is 34.6 Å². The molecule has 0 aliphatic carbocycles. The van der Waals surface area contributed by atoms with Crippen LogP contribution in [0.1, 0.15) is 34.6 Å². The fraction of sp³-hybridized carbons (Fsp3) is 1.00. The second-order valence-corrected chi connectivity index (χ2v) is 0.808. The van der Waals surface area contributed by atoms with Crippen molar-refractivity contribution in [3.8, 4) is 0 Å². The van der Waals surface area contributed by atoms with Crippen LogP contribution >= 0.6 is 0 Å². The van der Waals surface area contributed by atoms with E-state index in [2.05, 4.69) is 5.32 Å². The minimum atomic E-state index is 0.594. The smallest absolute Gasteiger partial charge is 0.0428 e. The highest BCUT2D eigenvalue weighted by Gasteiger charge is 1.62. The van der Waals surface area contributed by atoms with E-state index >= 15 is 0 Å². The first-order valence-corrected chi connectivity index (χ1v) is 3.82. The molecule has 0 aromatic carbocycles. The van der Waals surface area contributed by atoms with Crippen LogP contribution in [0.2, 0.25) is 0 Å². The maximum absolute atomic E-state index is 5.03. The molecule has 2 nitrogen and oxygen atoms in total. The van der Waals surface area contributed by atoms with Gasteiger partial charge in [-0.15, -0.1) is 0 Å². The minimum absolute atomic E-state index is 0.594. The van der Waals surface area contributed by atoms with Gasteiger partial charge in [-0.25, -0.2) is 0 Å². The quantitative estimate of drug-likeness (QED) is 0.562. The number of nitrogens with one attached hydrogen (secondary N) is 1. The molecular weight excluding hydrogens is 112 g/mol. The summed E-state index contributed by atoms with van der Waals surface area (Å²) in [6.07, 6.45) is 0. The normalized spacial score (nSPS) is 6.00. The summed E-state index contributed by atoms with van der Waals surface area (Å²) in [5.41, 5.74) is 5.03. The average molecular weight is 134 g/mol. The largest absolute Gasteiger partial charge is 0.318 e. The van der Waals surface area contributed by atoms with Gasteiger partial charge in [-0.1, -0.05) is 34.6 Å². The Kier molecular flexibility index (Phi) is 78.9. The van der Waals surface area contributed by atoms with Crippen molar-refractivity contribution in [3.05, 3.63) is 0 Å². The topological polar surface area (TPSA) is 38.0 Å². The van der Waals surface area contributed by atoms with Crippen LogP contribution in [0.25, 0.3) is 0 Å². The van der Waals surface area contributed by atoms with E-state index in [9.17, 15) is 0 Å². The van der Waals surface area contributed by atoms with Crippen molar-refractivity contribution in [1.82, 2.24) is 5.32 Å². The molecular formula is C7H22N2. The van der Waals surface area contributed by atoms with Crippen molar-refractivity contribution in [2.75, 3.05) is 13.2 Å². The van der Waals surface area contributed by atoms with E-state index in [1.54, 1.807) is 0 Å². The third-order valence-electron chi connectivity index (χ3n) is 0.394. The summed E-state index contributed by atoms with van der Waals surface area (Å²) in [7, 11) is 0. The molecule has 0 spiro atoms. The monoisotopic (exact) mass is 134 g/mol. The molecule has 0 saturated heterocycles. The first kappa shape index (κ1) is 16.0. The Balaban J connectivity index is -0.0000000771. The van der Waals surface area contributed by atoms with Gasteiger partial charge in [0.2, 0.25) is 0 Å². The van der Waals surface area contributed by atoms with Gasteiger partial charge in [-0.3, -0.25) is 0 Å². The molecule has 0 atom stereocenters. The molecule has 0 aromatic rings. The molecule has 0 rings (SSSR count). The van der Waals surface area contributed by atoms with E-state index in [4.69, 9.17) is 5.73 Å². The van der Waals surface area contributed by atoms with Crippen LogP contribution in [0.3, 0.4) is 0 Å². The minimum Gasteiger partial charge on any atom is -0.318 e. The molecule has 3 N–H and O–H groups in total. The highest BCUT2D eigenvalue weighted by atomic mass is 14.9. The molecule has 0 unspecified atom stereocenters. The lowest BCUT2D eigenvalue weighted by atomic mass is 10.8. The summed E-state index contributed by atoms with van der Waals surface area (Å²) in [5.74, 6) is 0. The van der Waals surface area contributed by atoms with Crippen molar-refractivity contribution < 1.29 is 0 Å². The van der Waals surface area contributed by atoms with Gasteiger partial charge in [0.25, 0.3) is 0 Å². The highest BCUT2D eigenvalue weighted by molar-refractivity contribution is 4.25. The van der Waals surface area contributed by atoms with Gasteiger partial charge in [0.05, 0.1) is 0 Å². The lowest BCUT2D eigenvalue weighted by Crippen LogP contribution is -2.21. The predicted molar refractivity (Wildman–Crippen MR) is 45.4 cm³/mol. The van der Waals surface area contributed by atoms with Crippen LogP contribution in [0.15, 0.2) is 0 Å². The Morgan fingerprint density at radius 2 is 1.44 bits per heavy atom. The van der Waals surface area contributed by atoms with Crippen LogP contribution in [0.5, 0.6) is 0 Å². The van der Waals surface area contributed by atoms with E-state index in [1.807, 2.05) is 34.6 Å². The standard InChI is InChI=1S/C3H10N2.2C2H6/c1-2-5-3-4;2*1-2/h5H,2-4H2,1H3;2*1-2H3. The molecule has 0 aliphatic rings. The molecule has 2 heteroatoms. The van der Waals surface area contributed by atoms with E-state index in [0.29, 0.717) is 6.67 Å². The molecule has 0 saturated carbocycles. The molecule has 0 bridgehead atoms. The summed E-state index contributed by atoms with van der Waals surface area (Å²) >= 11 is 0. The van der Waals surface area contributed by atoms with Gasteiger partial charge in [0, 0.05) is 6.67 Å². The molecule has 60 valence electrons. The number of hydrogen-bond donors (Lipinski definition) is 2. The third-order valence-corrected chi connectivity index (χ3v) is 0.394. The molecule has 0 aliphatic heterocycles. The van der Waals surface area contributed by atoms with Crippen LogP contribution in [0.4, 0.5) is 0 Å². The second-order valence-electron chi connectivity index (χ2n) is 0.808. The lowest BCUT2D eigenvalue weighted by molar-refractivity contribution is 0.742. The van der Waals surface area contributed by atoms with Crippen LogP contribution < -0.4 is 11.1 Å². The molecule has 0 aromatic heterocycles. The number of hydrogen-bond acceptors (Lipinski definition) is 2. The molecule has 0 radical (unpaired) electrons. The van der Waals surface area contributed by atoms with Crippen LogP contribution in [0, 0.1) is 0 Å². The van der Waals surface area contributed by atoms with Gasteiger partial charge < -0.3 is 11.1 Å². The Labute approximate surface area is 59.8 Å². The van der Waals surface area contributed by atoms with E-state index < -0.39 is 0 Å². The molecule has 9 heavy (non-hydrogen) atoms. The Hall–Kier alpha value is -0.0800. The van der Waals surface area contributed by atoms with Gasteiger partial charge in [-0.2, -0.15) is 0 Å². The zero-order chi connectivity index (χ0) is 8.12. The van der Waals surface area contributed by atoms with Gasteiger partial charge >= 0.3 is 0 Å². The SMILES string of the molecule is CC.CC.CCNCN. The molecule has 0 amide bonds. The zero-order valence-electron chi connectivity index (χ0n) is 7.49. The molecule has 0 heterocycles. The summed E-state index contributed by atoms with van der Waals surface area (Å²) in [4.78, 5) is 0. The predicted octanol–water partition coefficient (Wildman–Crippen LogP) is 1.56. The molecule has 0 fully saturated rings. The number of nitrogens with two attached hydrogens (primary N) is 1. The lowest BCUT2D eigenvalue weighted by Gasteiger charge is -1.86. The Morgan fingerprint density at radius 1 is 1.11 bits per heavy atom. The van der Waals surface area contributed by atoms with Gasteiger partial charge in [0.15, 0.2) is 0 Å². The van der Waals surface area contributed by atoms with Gasteiger partial charge in [-0.05, 0) is 6.54 Å². The summed E-state index contributed by atoms with van der Waals surface area (Å²) in [6.45, 7) is 11.6. The van der Waals surface area contributed by atoms with Crippen molar-refractivity contribution >= 4 is 0 Å². The van der Waals surface area contributed by atoms with Crippen LogP contribution in [-0.2, 0) is 0 Å². The average Bonchev–Trinajstić information content (AvgIpc) is 1.98. The summed E-state index contributed by atoms with van der Waals surface area (Å²) in [5, 5.41) is 2.89. The third kappa shape index (κ3) is 75.3. The van der Waals surface area contributed by atoms with Crippen LogP contribution in [-0.4, -0.2) is 13.2 Å². The maximum atomic E-state index is 5.03. The van der Waals surface area contributed by atoms with Crippen molar-refractivity contribution in [3.63, 3.8) is 0 Å². The highest BCUT2D eigenvalue weighted by Crippen LogP contribution is 1.39. The van der Waals surface area contributed by atoms with E-state index in [0.717, 1.165) is 6.54 Å². The first-order chi connectivity index (χ1) is 4.41. The van der Waals surface area contributed by atoms with Gasteiger partial charge in [0.1, 0.15) is 0 Å². The fourth-order valence-corrected chi connectivity index (χ4v) is 0.144. The second kappa shape index (κ2) is 44.5. The fourth-order valence-electron chi connectivity index (χ4n) is 0.144. The Morgan fingerprint density at radius 3 is 1.44 bits per heavy atom. The van der Waals surface area contributed by atoms with E-state index in [-0.39, 0.29) is 0 Å². The number of rotatable bonds is 2. The first-order valence-electron chi connectivity index (χ1n) is 3.82. The van der Waals surface area contributed by atoms with Crippen molar-refractivity contribution in [2.24, 2.45) is 5.73 Å². The van der Waals surface area contributed by atoms with E-state index in [1.165, 1.54) is 0 Å². The summed E-state index contributed by atoms with van der Waals surface area (Å²) < 4.78 is 0. The Bertz CT molecular complexity index is 14.4.